The van der Waals surface area contributed by atoms with Crippen molar-refractivity contribution in [3.63, 3.8) is 0 Å². The minimum Gasteiger partial charge on any atom is -0.433 e. The molecule has 28 heavy (non-hydrogen) atoms. The Balaban J connectivity index is 2.00. The highest BCUT2D eigenvalue weighted by Gasteiger charge is 2.31. The summed E-state index contributed by atoms with van der Waals surface area (Å²) in [5.74, 6) is 2.16. The van der Waals surface area contributed by atoms with Gasteiger partial charge in [0.05, 0.1) is 5.69 Å². The first-order chi connectivity index (χ1) is 13.1. The standard InChI is InChI=1S/C24H27N3O/c1-14-10-19-23(25-13-14)28-20-9-8-17(4)26-22(20)27(19)21-15(2)11-18(12-16(21)3)24(5,6)7/h8-13H,1-7H3. The van der Waals surface area contributed by atoms with Crippen molar-refractivity contribution >= 4 is 17.2 Å². The Kier molecular flexibility index (Phi) is 4.18. The number of aryl methyl sites for hydroxylation is 4. The molecular weight excluding hydrogens is 346 g/mol. The van der Waals surface area contributed by atoms with Crippen LogP contribution in [0.1, 0.15) is 48.7 Å². The third kappa shape index (κ3) is 3.03. The maximum Gasteiger partial charge on any atom is 0.244 e. The van der Waals surface area contributed by atoms with Gasteiger partial charge in [0.1, 0.15) is 5.69 Å². The fourth-order valence-electron chi connectivity index (χ4n) is 3.74. The minimum absolute atomic E-state index is 0.0991. The highest BCUT2D eigenvalue weighted by molar-refractivity contribution is 5.86. The SMILES string of the molecule is Cc1cnc2c(c1)N(c1c(C)cc(C(C)(C)C)cc1C)c1nc(C)ccc1O2. The molecule has 0 aliphatic carbocycles. The van der Waals surface area contributed by atoms with Gasteiger partial charge in [0.15, 0.2) is 11.6 Å². The number of aromatic nitrogens is 2. The van der Waals surface area contributed by atoms with E-state index in [0.717, 1.165) is 34.2 Å². The first-order valence-electron chi connectivity index (χ1n) is 9.69. The molecule has 0 saturated carbocycles. The number of hydrogen-bond donors (Lipinski definition) is 0. The molecule has 1 aromatic carbocycles. The molecule has 2 aromatic heterocycles. The normalized spacial score (nSPS) is 13.0. The van der Waals surface area contributed by atoms with Crippen LogP contribution in [0, 0.1) is 27.7 Å². The first-order valence-corrected chi connectivity index (χ1v) is 9.69. The van der Waals surface area contributed by atoms with Gasteiger partial charge in [-0.2, -0.15) is 0 Å². The summed E-state index contributed by atoms with van der Waals surface area (Å²) in [6, 6.07) is 10.6. The Morgan fingerprint density at radius 1 is 0.929 bits per heavy atom. The van der Waals surface area contributed by atoms with Crippen molar-refractivity contribution < 1.29 is 4.74 Å². The van der Waals surface area contributed by atoms with Crippen LogP contribution in [0.2, 0.25) is 0 Å². The van der Waals surface area contributed by atoms with Crippen molar-refractivity contribution in [3.8, 4) is 11.6 Å². The number of rotatable bonds is 1. The van der Waals surface area contributed by atoms with Crippen LogP contribution in [0.4, 0.5) is 17.2 Å². The minimum atomic E-state index is 0.0991. The van der Waals surface area contributed by atoms with Crippen molar-refractivity contribution in [1.82, 2.24) is 9.97 Å². The highest BCUT2D eigenvalue weighted by Crippen LogP contribution is 2.50. The summed E-state index contributed by atoms with van der Waals surface area (Å²) < 4.78 is 6.08. The van der Waals surface area contributed by atoms with Crippen molar-refractivity contribution in [2.75, 3.05) is 4.90 Å². The van der Waals surface area contributed by atoms with E-state index in [2.05, 4.69) is 62.7 Å². The van der Waals surface area contributed by atoms with Gasteiger partial charge in [-0.3, -0.25) is 4.90 Å². The van der Waals surface area contributed by atoms with Gasteiger partial charge in [0.25, 0.3) is 0 Å². The maximum atomic E-state index is 6.08. The van der Waals surface area contributed by atoms with E-state index in [4.69, 9.17) is 9.72 Å². The predicted molar refractivity (Wildman–Crippen MR) is 114 cm³/mol. The highest BCUT2D eigenvalue weighted by atomic mass is 16.5. The second-order valence-electron chi connectivity index (χ2n) is 8.76. The van der Waals surface area contributed by atoms with E-state index in [1.54, 1.807) is 0 Å². The van der Waals surface area contributed by atoms with Crippen molar-refractivity contribution in [1.29, 1.82) is 0 Å². The van der Waals surface area contributed by atoms with Crippen molar-refractivity contribution in [2.45, 2.75) is 53.9 Å². The number of fused-ring (bicyclic) bond motifs is 2. The molecule has 0 N–H and O–H groups in total. The molecule has 0 bridgehead atoms. The molecule has 0 saturated heterocycles. The van der Waals surface area contributed by atoms with E-state index in [1.165, 1.54) is 16.7 Å². The second-order valence-corrected chi connectivity index (χ2v) is 8.76. The molecule has 0 atom stereocenters. The summed E-state index contributed by atoms with van der Waals surface area (Å²) in [6.45, 7) is 15.1. The number of anilines is 3. The summed E-state index contributed by atoms with van der Waals surface area (Å²) in [5.41, 5.74) is 7.98. The first kappa shape index (κ1) is 18.5. The lowest BCUT2D eigenvalue weighted by molar-refractivity contribution is 0.454. The van der Waals surface area contributed by atoms with Crippen LogP contribution in [0.15, 0.2) is 36.5 Å². The molecule has 0 fully saturated rings. The van der Waals surface area contributed by atoms with Crippen LogP contribution in [-0.4, -0.2) is 9.97 Å². The smallest absolute Gasteiger partial charge is 0.244 e. The summed E-state index contributed by atoms with van der Waals surface area (Å²) >= 11 is 0. The largest absolute Gasteiger partial charge is 0.433 e. The number of hydrogen-bond acceptors (Lipinski definition) is 4. The van der Waals surface area contributed by atoms with Crippen LogP contribution < -0.4 is 9.64 Å². The number of nitrogens with zero attached hydrogens (tertiary/aromatic N) is 3. The van der Waals surface area contributed by atoms with E-state index in [1.807, 2.05) is 32.2 Å². The average molecular weight is 374 g/mol. The quantitative estimate of drug-likeness (QED) is 0.377. The van der Waals surface area contributed by atoms with Gasteiger partial charge >= 0.3 is 0 Å². The Hall–Kier alpha value is -2.88. The summed E-state index contributed by atoms with van der Waals surface area (Å²) in [4.78, 5) is 11.6. The second kappa shape index (κ2) is 6.33. The lowest BCUT2D eigenvalue weighted by atomic mass is 9.84. The van der Waals surface area contributed by atoms with E-state index >= 15 is 0 Å². The summed E-state index contributed by atoms with van der Waals surface area (Å²) in [5, 5.41) is 0. The van der Waals surface area contributed by atoms with Crippen LogP contribution in [0.25, 0.3) is 0 Å². The Morgan fingerprint density at radius 2 is 1.61 bits per heavy atom. The van der Waals surface area contributed by atoms with Crippen molar-refractivity contribution in [2.24, 2.45) is 0 Å². The molecule has 3 aromatic rings. The maximum absolute atomic E-state index is 6.08. The van der Waals surface area contributed by atoms with Gasteiger partial charge < -0.3 is 4.74 Å². The van der Waals surface area contributed by atoms with Crippen molar-refractivity contribution in [3.05, 3.63) is 64.5 Å². The Labute approximate surface area is 167 Å². The molecule has 4 nitrogen and oxygen atoms in total. The molecule has 0 radical (unpaired) electrons. The molecule has 1 aliphatic heterocycles. The van der Waals surface area contributed by atoms with E-state index in [9.17, 15) is 0 Å². The van der Waals surface area contributed by atoms with Gasteiger partial charge in [-0.15, -0.1) is 0 Å². The lowest BCUT2D eigenvalue weighted by Crippen LogP contribution is -2.21. The Morgan fingerprint density at radius 3 is 2.25 bits per heavy atom. The van der Waals surface area contributed by atoms with Crippen LogP contribution in [0.5, 0.6) is 11.6 Å². The molecule has 0 unspecified atom stereocenters. The van der Waals surface area contributed by atoms with E-state index in [0.29, 0.717) is 5.88 Å². The van der Waals surface area contributed by atoms with Gasteiger partial charge in [-0.1, -0.05) is 32.9 Å². The fraction of sp³-hybridized carbons (Fsp3) is 0.333. The van der Waals surface area contributed by atoms with Gasteiger partial charge in [-0.25, -0.2) is 9.97 Å². The molecule has 0 spiro atoms. The third-order valence-corrected chi connectivity index (χ3v) is 5.19. The molecule has 4 rings (SSSR count). The molecular formula is C24H27N3O. The van der Waals surface area contributed by atoms with Crippen LogP contribution >= 0.6 is 0 Å². The topological polar surface area (TPSA) is 38.2 Å². The van der Waals surface area contributed by atoms with E-state index < -0.39 is 0 Å². The molecule has 3 heterocycles. The van der Waals surface area contributed by atoms with Gasteiger partial charge in [0.2, 0.25) is 5.88 Å². The lowest BCUT2D eigenvalue weighted by Gasteiger charge is -2.34. The van der Waals surface area contributed by atoms with Crippen LogP contribution in [0.3, 0.4) is 0 Å². The van der Waals surface area contributed by atoms with Gasteiger partial charge in [-0.05, 0) is 73.6 Å². The molecule has 1 aliphatic rings. The predicted octanol–water partition coefficient (Wildman–Crippen LogP) is 6.58. The Bertz CT molecular complexity index is 1010. The van der Waals surface area contributed by atoms with E-state index in [-0.39, 0.29) is 5.41 Å². The van der Waals surface area contributed by atoms with Crippen LogP contribution in [-0.2, 0) is 5.41 Å². The zero-order chi connectivity index (χ0) is 20.2. The molecule has 4 heteroatoms. The monoisotopic (exact) mass is 373 g/mol. The number of benzene rings is 1. The number of pyridine rings is 2. The average Bonchev–Trinajstić information content (AvgIpc) is 2.60. The fourth-order valence-corrected chi connectivity index (χ4v) is 3.74. The summed E-state index contributed by atoms with van der Waals surface area (Å²) in [6.07, 6.45) is 1.84. The third-order valence-electron chi connectivity index (χ3n) is 5.19. The molecule has 144 valence electrons. The number of ether oxygens (including phenoxy) is 1. The molecule has 0 amide bonds. The summed E-state index contributed by atoms with van der Waals surface area (Å²) in [7, 11) is 0. The zero-order valence-electron chi connectivity index (χ0n) is 17.7. The zero-order valence-corrected chi connectivity index (χ0v) is 17.7. The van der Waals surface area contributed by atoms with Gasteiger partial charge in [0, 0.05) is 11.9 Å².